The second-order valence-corrected chi connectivity index (χ2v) is 22.4. The van der Waals surface area contributed by atoms with Crippen LogP contribution in [0.1, 0.15) is 348 Å². The summed E-state index contributed by atoms with van der Waals surface area (Å²) in [5.74, 6) is -0.929. The van der Waals surface area contributed by atoms with Crippen LogP contribution in [0, 0.1) is 0 Å². The maximum Gasteiger partial charge on any atom is 0.306 e. The van der Waals surface area contributed by atoms with Crippen LogP contribution in [0.5, 0.6) is 0 Å². The number of carbonyl (C=O) groups excluding carboxylic acids is 3. The summed E-state index contributed by atoms with van der Waals surface area (Å²) in [6.45, 7) is 6.54. The third kappa shape index (κ3) is 62.0. The fraction of sp³-hybridized carbons (Fsp3) is 0.814. The number of unbranched alkanes of at least 4 members (excludes halogenated alkanes) is 40. The van der Waals surface area contributed by atoms with Crippen molar-refractivity contribution < 1.29 is 28.6 Å². The molecule has 0 aromatic heterocycles. The first-order valence-corrected chi connectivity index (χ1v) is 33.3. The molecule has 0 radical (unpaired) electrons. The Kier molecular flexibility index (Phi) is 62.2. The van der Waals surface area contributed by atoms with Gasteiger partial charge < -0.3 is 14.2 Å². The Morgan fingerprint density at radius 2 is 0.513 bits per heavy atom. The van der Waals surface area contributed by atoms with Crippen LogP contribution in [0.4, 0.5) is 0 Å². The molecule has 1 atom stereocenters. The zero-order chi connectivity index (χ0) is 55.0. The van der Waals surface area contributed by atoms with E-state index in [1.54, 1.807) is 0 Å². The zero-order valence-corrected chi connectivity index (χ0v) is 50.8. The lowest BCUT2D eigenvalue weighted by atomic mass is 10.0. The van der Waals surface area contributed by atoms with Gasteiger partial charge in [0.05, 0.1) is 0 Å². The summed E-state index contributed by atoms with van der Waals surface area (Å²) in [4.78, 5) is 38.3. The SMILES string of the molecule is CC/C=C\C/C=C\C/C=C\C/C=C\C/C=C\CCCC(=O)OC(COC(=O)CCCCCCCCCCCCCCCCCC)COC(=O)CCCCCCCCCCCCCCCCCCCCCCCCCCC. The van der Waals surface area contributed by atoms with Crippen LogP contribution < -0.4 is 0 Å². The second kappa shape index (κ2) is 64.6. The van der Waals surface area contributed by atoms with Crippen LogP contribution >= 0.6 is 0 Å². The summed E-state index contributed by atoms with van der Waals surface area (Å²) in [5.41, 5.74) is 0. The molecular formula is C70H126O6. The van der Waals surface area contributed by atoms with Crippen molar-refractivity contribution >= 4 is 17.9 Å². The first-order valence-electron chi connectivity index (χ1n) is 33.3. The van der Waals surface area contributed by atoms with E-state index in [4.69, 9.17) is 14.2 Å². The van der Waals surface area contributed by atoms with Crippen molar-refractivity contribution in [1.82, 2.24) is 0 Å². The van der Waals surface area contributed by atoms with Crippen LogP contribution in [0.25, 0.3) is 0 Å². The van der Waals surface area contributed by atoms with E-state index in [1.807, 2.05) is 0 Å². The van der Waals surface area contributed by atoms with Crippen molar-refractivity contribution in [2.45, 2.75) is 354 Å². The van der Waals surface area contributed by atoms with Gasteiger partial charge in [-0.2, -0.15) is 0 Å². The van der Waals surface area contributed by atoms with Gasteiger partial charge in [0.2, 0.25) is 0 Å². The molecule has 0 saturated carbocycles. The summed E-state index contributed by atoms with van der Waals surface area (Å²) in [7, 11) is 0. The molecule has 0 rings (SSSR count). The smallest absolute Gasteiger partial charge is 0.306 e. The fourth-order valence-electron chi connectivity index (χ4n) is 9.84. The summed E-state index contributed by atoms with van der Waals surface area (Å²) in [6.07, 6.45) is 82.5. The topological polar surface area (TPSA) is 78.9 Å². The Balaban J connectivity index is 4.32. The Morgan fingerprint density at radius 3 is 0.789 bits per heavy atom. The molecule has 0 aliphatic carbocycles. The molecule has 0 aromatic rings. The minimum atomic E-state index is -0.802. The highest BCUT2D eigenvalue weighted by atomic mass is 16.6. The minimum Gasteiger partial charge on any atom is -0.462 e. The molecule has 0 heterocycles. The van der Waals surface area contributed by atoms with Crippen LogP contribution in [0.15, 0.2) is 60.8 Å². The maximum atomic E-state index is 12.9. The molecule has 0 saturated heterocycles. The molecule has 0 bridgehead atoms. The fourth-order valence-corrected chi connectivity index (χ4v) is 9.84. The molecule has 6 nitrogen and oxygen atoms in total. The van der Waals surface area contributed by atoms with Crippen LogP contribution in [0.2, 0.25) is 0 Å². The van der Waals surface area contributed by atoms with E-state index in [1.165, 1.54) is 225 Å². The molecule has 0 N–H and O–H groups in total. The predicted molar refractivity (Wildman–Crippen MR) is 330 cm³/mol. The van der Waals surface area contributed by atoms with E-state index in [0.717, 1.165) is 77.0 Å². The van der Waals surface area contributed by atoms with E-state index in [9.17, 15) is 14.4 Å². The molecule has 442 valence electrons. The van der Waals surface area contributed by atoms with Crippen LogP contribution in [-0.2, 0) is 28.6 Å². The molecule has 0 aliphatic heterocycles. The number of rotatable bonds is 61. The highest BCUT2D eigenvalue weighted by molar-refractivity contribution is 5.71. The second-order valence-electron chi connectivity index (χ2n) is 22.4. The lowest BCUT2D eigenvalue weighted by molar-refractivity contribution is -0.167. The number of allylic oxidation sites excluding steroid dienone is 10. The third-order valence-corrected chi connectivity index (χ3v) is 14.8. The molecule has 0 spiro atoms. The van der Waals surface area contributed by atoms with Crippen molar-refractivity contribution in [1.29, 1.82) is 0 Å². The number of hydrogen-bond acceptors (Lipinski definition) is 6. The van der Waals surface area contributed by atoms with Crippen LogP contribution in [-0.4, -0.2) is 37.2 Å². The van der Waals surface area contributed by atoms with Gasteiger partial charge in [-0.1, -0.05) is 332 Å². The molecule has 0 aromatic carbocycles. The summed E-state index contributed by atoms with van der Waals surface area (Å²) >= 11 is 0. The van der Waals surface area contributed by atoms with Gasteiger partial charge in [0.25, 0.3) is 0 Å². The molecule has 76 heavy (non-hydrogen) atoms. The van der Waals surface area contributed by atoms with Crippen molar-refractivity contribution in [3.63, 3.8) is 0 Å². The lowest BCUT2D eigenvalue weighted by Gasteiger charge is -2.18. The first-order chi connectivity index (χ1) is 37.5. The van der Waals surface area contributed by atoms with Gasteiger partial charge in [0.1, 0.15) is 13.2 Å². The minimum absolute atomic E-state index is 0.0922. The van der Waals surface area contributed by atoms with Crippen LogP contribution in [0.3, 0.4) is 0 Å². The predicted octanol–water partition coefficient (Wildman–Crippen LogP) is 22.7. The van der Waals surface area contributed by atoms with E-state index >= 15 is 0 Å². The number of hydrogen-bond donors (Lipinski definition) is 0. The van der Waals surface area contributed by atoms with Gasteiger partial charge in [0.15, 0.2) is 6.10 Å². The van der Waals surface area contributed by atoms with Gasteiger partial charge in [0, 0.05) is 19.3 Å². The Morgan fingerprint density at radius 1 is 0.276 bits per heavy atom. The summed E-state index contributed by atoms with van der Waals surface area (Å²) in [5, 5.41) is 0. The summed E-state index contributed by atoms with van der Waals surface area (Å²) in [6, 6.07) is 0. The Bertz CT molecular complexity index is 1360. The average molecular weight is 1060 g/mol. The quantitative estimate of drug-likeness (QED) is 0.0261. The monoisotopic (exact) mass is 1060 g/mol. The molecule has 0 fully saturated rings. The van der Waals surface area contributed by atoms with Crippen molar-refractivity contribution in [3.05, 3.63) is 60.8 Å². The van der Waals surface area contributed by atoms with Crippen molar-refractivity contribution in [2.75, 3.05) is 13.2 Å². The zero-order valence-electron chi connectivity index (χ0n) is 50.8. The molecule has 0 amide bonds. The summed E-state index contributed by atoms with van der Waals surface area (Å²) < 4.78 is 16.9. The third-order valence-electron chi connectivity index (χ3n) is 14.8. The van der Waals surface area contributed by atoms with E-state index in [2.05, 4.69) is 81.5 Å². The number of esters is 3. The van der Waals surface area contributed by atoms with Gasteiger partial charge in [-0.25, -0.2) is 0 Å². The largest absolute Gasteiger partial charge is 0.462 e. The molecule has 0 aliphatic rings. The maximum absolute atomic E-state index is 12.9. The normalized spacial score (nSPS) is 12.4. The van der Waals surface area contributed by atoms with Crippen molar-refractivity contribution in [3.8, 4) is 0 Å². The lowest BCUT2D eigenvalue weighted by Crippen LogP contribution is -2.30. The van der Waals surface area contributed by atoms with Gasteiger partial charge in [-0.3, -0.25) is 14.4 Å². The first kappa shape index (κ1) is 73.1. The molecule has 6 heteroatoms. The highest BCUT2D eigenvalue weighted by Gasteiger charge is 2.19. The molecular weight excluding hydrogens is 937 g/mol. The van der Waals surface area contributed by atoms with Gasteiger partial charge in [-0.05, 0) is 57.8 Å². The number of ether oxygens (including phenoxy) is 3. The highest BCUT2D eigenvalue weighted by Crippen LogP contribution is 2.18. The van der Waals surface area contributed by atoms with Gasteiger partial charge in [-0.15, -0.1) is 0 Å². The van der Waals surface area contributed by atoms with E-state index in [0.29, 0.717) is 19.3 Å². The van der Waals surface area contributed by atoms with E-state index in [-0.39, 0.29) is 37.5 Å². The number of carbonyl (C=O) groups is 3. The Labute approximate surface area is 472 Å². The standard InChI is InChI=1S/C70H126O6/c1-4-7-10-13-16-19-22-25-28-31-32-33-34-35-36-37-38-40-42-45-48-51-54-57-60-63-69(72)75-66-67(65-74-68(71)62-59-56-53-50-47-44-41-30-27-24-21-18-15-12-9-6-3)76-70(73)64-61-58-55-52-49-46-43-39-29-26-23-20-17-14-11-8-5-2/h8,11,17,20,26,29,43,46,52,55,67H,4-7,9-10,12-16,18-19,21-25,27-28,30-42,44-45,47-51,53-54,56-66H2,1-3H3/b11-8-,20-17-,29-26-,46-43-,55-52-. The Hall–Kier alpha value is -2.89. The van der Waals surface area contributed by atoms with E-state index < -0.39 is 6.10 Å². The average Bonchev–Trinajstić information content (AvgIpc) is 3.42. The van der Waals surface area contributed by atoms with Crippen molar-refractivity contribution in [2.24, 2.45) is 0 Å². The van der Waals surface area contributed by atoms with Gasteiger partial charge >= 0.3 is 17.9 Å². The molecule has 1 unspecified atom stereocenters.